The molecule has 0 saturated heterocycles. The summed E-state index contributed by atoms with van der Waals surface area (Å²) in [4.78, 5) is 24.6. The molecule has 2 atom stereocenters. The molecule has 2 rings (SSSR count). The molecule has 0 unspecified atom stereocenters. The number of benzene rings is 1. The largest absolute Gasteiger partial charge is 0.466 e. The molecular formula is C20H25NO4. The summed E-state index contributed by atoms with van der Waals surface area (Å²) in [5, 5.41) is 2.86. The number of ether oxygens (including phenoxy) is 1. The summed E-state index contributed by atoms with van der Waals surface area (Å²) in [5.41, 5.74) is 2.16. The van der Waals surface area contributed by atoms with Crippen molar-refractivity contribution in [3.63, 3.8) is 0 Å². The predicted octanol–water partition coefficient (Wildman–Crippen LogP) is 4.59. The van der Waals surface area contributed by atoms with Gasteiger partial charge in [-0.3, -0.25) is 4.79 Å². The van der Waals surface area contributed by atoms with E-state index in [0.717, 1.165) is 17.7 Å². The molecule has 1 aromatic heterocycles. The summed E-state index contributed by atoms with van der Waals surface area (Å²) < 4.78 is 10.6. The Morgan fingerprint density at radius 2 is 1.88 bits per heavy atom. The molecule has 1 aromatic carbocycles. The molecule has 0 bridgehead atoms. The van der Waals surface area contributed by atoms with Crippen molar-refractivity contribution < 1.29 is 18.7 Å². The average molecular weight is 343 g/mol. The van der Waals surface area contributed by atoms with Gasteiger partial charge in [0.05, 0.1) is 0 Å². The highest BCUT2D eigenvalue weighted by atomic mass is 16.5. The Balaban J connectivity index is 2.06. The molecule has 2 aromatic rings. The van der Waals surface area contributed by atoms with Crippen LogP contribution in [-0.2, 0) is 9.53 Å². The third-order valence-corrected chi connectivity index (χ3v) is 4.28. The Kier molecular flexibility index (Phi) is 6.02. The van der Waals surface area contributed by atoms with Crippen LogP contribution in [0.15, 0.2) is 34.7 Å². The van der Waals surface area contributed by atoms with Crippen LogP contribution >= 0.6 is 0 Å². The number of carbonyl (C=O) groups is 2. The van der Waals surface area contributed by atoms with Gasteiger partial charge in [0.25, 0.3) is 5.91 Å². The first-order valence-electron chi connectivity index (χ1n) is 8.51. The van der Waals surface area contributed by atoms with Crippen molar-refractivity contribution in [2.45, 2.75) is 53.1 Å². The fraction of sp³-hybridized carbons (Fsp3) is 0.400. The van der Waals surface area contributed by atoms with E-state index < -0.39 is 12.1 Å². The van der Waals surface area contributed by atoms with Crippen LogP contribution in [0.1, 0.15) is 60.6 Å². The Morgan fingerprint density at radius 1 is 1.20 bits per heavy atom. The zero-order valence-corrected chi connectivity index (χ0v) is 15.4. The van der Waals surface area contributed by atoms with Crippen LogP contribution in [0.25, 0.3) is 0 Å². The van der Waals surface area contributed by atoms with Crippen LogP contribution in [-0.4, -0.2) is 18.0 Å². The summed E-state index contributed by atoms with van der Waals surface area (Å²) in [6.07, 6.45) is 0.0587. The second-order valence-electron chi connectivity index (χ2n) is 6.26. The Labute approximate surface area is 148 Å². The van der Waals surface area contributed by atoms with E-state index in [-0.39, 0.29) is 5.91 Å². The van der Waals surface area contributed by atoms with Crippen molar-refractivity contribution in [3.8, 4) is 0 Å². The molecule has 134 valence electrons. The molecule has 0 aliphatic rings. The quantitative estimate of drug-likeness (QED) is 0.779. The lowest BCUT2D eigenvalue weighted by Crippen LogP contribution is -2.30. The molecule has 25 heavy (non-hydrogen) atoms. The molecule has 5 nitrogen and oxygen atoms in total. The fourth-order valence-corrected chi connectivity index (χ4v) is 2.61. The first kappa shape index (κ1) is 18.8. The molecular weight excluding hydrogens is 318 g/mol. The van der Waals surface area contributed by atoms with E-state index in [4.69, 9.17) is 9.15 Å². The van der Waals surface area contributed by atoms with Gasteiger partial charge in [0.15, 0.2) is 6.10 Å². The van der Waals surface area contributed by atoms with Crippen molar-refractivity contribution in [1.29, 1.82) is 0 Å². The van der Waals surface area contributed by atoms with Crippen molar-refractivity contribution in [2.75, 3.05) is 5.32 Å². The maximum absolute atomic E-state index is 12.4. The van der Waals surface area contributed by atoms with Gasteiger partial charge in [-0.2, -0.15) is 0 Å². The van der Waals surface area contributed by atoms with Crippen LogP contribution in [0.4, 0.5) is 5.69 Å². The van der Waals surface area contributed by atoms with Crippen LogP contribution < -0.4 is 5.32 Å². The molecule has 1 N–H and O–H groups in total. The lowest BCUT2D eigenvalue weighted by atomic mass is 9.97. The van der Waals surface area contributed by atoms with Crippen molar-refractivity contribution >= 4 is 17.6 Å². The third kappa shape index (κ3) is 4.50. The monoisotopic (exact) mass is 343 g/mol. The first-order valence-corrected chi connectivity index (χ1v) is 8.51. The lowest BCUT2D eigenvalue weighted by Gasteiger charge is -2.18. The Hall–Kier alpha value is -2.56. The summed E-state index contributed by atoms with van der Waals surface area (Å²) >= 11 is 0. The zero-order chi connectivity index (χ0) is 18.6. The number of hydrogen-bond donors (Lipinski definition) is 1. The molecule has 0 radical (unpaired) electrons. The van der Waals surface area contributed by atoms with Gasteiger partial charge in [-0.15, -0.1) is 0 Å². The van der Waals surface area contributed by atoms with Gasteiger partial charge in [0.2, 0.25) is 0 Å². The minimum Gasteiger partial charge on any atom is -0.466 e. The number of esters is 1. The van der Waals surface area contributed by atoms with Gasteiger partial charge >= 0.3 is 5.97 Å². The van der Waals surface area contributed by atoms with E-state index in [1.165, 1.54) is 0 Å². The van der Waals surface area contributed by atoms with E-state index in [1.807, 2.05) is 24.3 Å². The van der Waals surface area contributed by atoms with Crippen LogP contribution in [0, 0.1) is 13.8 Å². The van der Waals surface area contributed by atoms with Crippen LogP contribution in [0.5, 0.6) is 0 Å². The number of aryl methyl sites for hydroxylation is 2. The van der Waals surface area contributed by atoms with Gasteiger partial charge in [-0.05, 0) is 50.8 Å². The standard InChI is InChI=1S/C20H25NO4/c1-6-12(2)16-9-7-8-10-18(16)21-19(22)15(5)25-20(23)17-11-13(3)24-14(17)4/h7-12,15H,6H2,1-5H3,(H,21,22)/t12-,15-/m1/s1. The molecule has 5 heteroatoms. The molecule has 0 saturated carbocycles. The van der Waals surface area contributed by atoms with Gasteiger partial charge in [-0.25, -0.2) is 4.79 Å². The number of nitrogens with one attached hydrogen (secondary N) is 1. The van der Waals surface area contributed by atoms with Crippen molar-refractivity contribution in [3.05, 3.63) is 53.0 Å². The predicted molar refractivity (Wildman–Crippen MR) is 96.8 cm³/mol. The molecule has 1 heterocycles. The van der Waals surface area contributed by atoms with E-state index in [9.17, 15) is 9.59 Å². The summed E-state index contributed by atoms with van der Waals surface area (Å²) in [6, 6.07) is 9.29. The highest BCUT2D eigenvalue weighted by Gasteiger charge is 2.23. The Bertz CT molecular complexity index is 763. The van der Waals surface area contributed by atoms with E-state index in [2.05, 4.69) is 19.2 Å². The summed E-state index contributed by atoms with van der Waals surface area (Å²) in [5.74, 6) is 0.515. The van der Waals surface area contributed by atoms with Gasteiger partial charge in [0.1, 0.15) is 17.1 Å². The maximum Gasteiger partial charge on any atom is 0.342 e. The van der Waals surface area contributed by atoms with Crippen molar-refractivity contribution in [2.24, 2.45) is 0 Å². The smallest absolute Gasteiger partial charge is 0.342 e. The molecule has 0 fully saturated rings. The number of amides is 1. The lowest BCUT2D eigenvalue weighted by molar-refractivity contribution is -0.123. The number of rotatable bonds is 6. The number of anilines is 1. The molecule has 0 aliphatic heterocycles. The zero-order valence-electron chi connectivity index (χ0n) is 15.4. The number of furan rings is 1. The Morgan fingerprint density at radius 3 is 2.48 bits per heavy atom. The number of hydrogen-bond acceptors (Lipinski definition) is 4. The SMILES string of the molecule is CC[C@@H](C)c1ccccc1NC(=O)[C@@H](C)OC(=O)c1cc(C)oc1C. The normalized spacial score (nSPS) is 13.2. The van der Waals surface area contributed by atoms with Gasteiger partial charge in [-0.1, -0.05) is 32.0 Å². The van der Waals surface area contributed by atoms with Crippen molar-refractivity contribution in [1.82, 2.24) is 0 Å². The topological polar surface area (TPSA) is 68.5 Å². The molecule has 0 spiro atoms. The third-order valence-electron chi connectivity index (χ3n) is 4.28. The van der Waals surface area contributed by atoms with E-state index >= 15 is 0 Å². The van der Waals surface area contributed by atoms with Crippen LogP contribution in [0.2, 0.25) is 0 Å². The fourth-order valence-electron chi connectivity index (χ4n) is 2.61. The first-order chi connectivity index (χ1) is 11.8. The highest BCUT2D eigenvalue weighted by Crippen LogP contribution is 2.26. The van der Waals surface area contributed by atoms with E-state index in [1.54, 1.807) is 26.8 Å². The summed E-state index contributed by atoms with van der Waals surface area (Å²) in [6.45, 7) is 9.21. The number of para-hydroxylation sites is 1. The average Bonchev–Trinajstić information content (AvgIpc) is 2.93. The molecule has 1 amide bonds. The highest BCUT2D eigenvalue weighted by molar-refractivity contribution is 5.98. The van der Waals surface area contributed by atoms with Crippen LogP contribution in [0.3, 0.4) is 0 Å². The second kappa shape index (κ2) is 8.01. The minimum atomic E-state index is -0.910. The van der Waals surface area contributed by atoms with E-state index in [0.29, 0.717) is 23.0 Å². The summed E-state index contributed by atoms with van der Waals surface area (Å²) in [7, 11) is 0. The maximum atomic E-state index is 12.4. The molecule has 0 aliphatic carbocycles. The number of carbonyl (C=O) groups excluding carboxylic acids is 2. The minimum absolute atomic E-state index is 0.325. The van der Waals surface area contributed by atoms with Gasteiger partial charge in [0, 0.05) is 5.69 Å². The van der Waals surface area contributed by atoms with Gasteiger partial charge < -0.3 is 14.5 Å². The second-order valence-corrected chi connectivity index (χ2v) is 6.26.